The number of hydrogen-bond donors (Lipinski definition) is 0. The largest absolute Gasteiger partial charge is 0.444 e. The molecule has 1 fully saturated rings. The van der Waals surface area contributed by atoms with E-state index in [4.69, 9.17) is 9.84 Å². The third-order valence-corrected chi connectivity index (χ3v) is 6.30. The van der Waals surface area contributed by atoms with E-state index >= 15 is 0 Å². The maximum atomic E-state index is 13.3. The van der Waals surface area contributed by atoms with Gasteiger partial charge in [-0.05, 0) is 71.2 Å². The smallest absolute Gasteiger partial charge is 0.410 e. The molecule has 9 heteroatoms. The van der Waals surface area contributed by atoms with Gasteiger partial charge < -0.3 is 9.64 Å². The maximum absolute atomic E-state index is 13.3. The van der Waals surface area contributed by atoms with Crippen LogP contribution in [-0.4, -0.2) is 54.1 Å². The van der Waals surface area contributed by atoms with Crippen molar-refractivity contribution in [3.8, 4) is 11.3 Å². The summed E-state index contributed by atoms with van der Waals surface area (Å²) >= 11 is 0. The topological polar surface area (TPSA) is 94.6 Å². The van der Waals surface area contributed by atoms with Crippen molar-refractivity contribution in [1.82, 2.24) is 29.3 Å². The first-order valence-electron chi connectivity index (χ1n) is 11.9. The van der Waals surface area contributed by atoms with Crippen molar-refractivity contribution >= 4 is 22.5 Å². The Morgan fingerprint density at radius 2 is 1.86 bits per heavy atom. The summed E-state index contributed by atoms with van der Waals surface area (Å²) in [4.78, 5) is 31.8. The molecule has 0 N–H and O–H groups in total. The first-order valence-corrected chi connectivity index (χ1v) is 11.9. The summed E-state index contributed by atoms with van der Waals surface area (Å²) in [5.74, 6) is 0. The molecule has 0 saturated carbocycles. The highest BCUT2D eigenvalue weighted by Gasteiger charge is 2.28. The fourth-order valence-corrected chi connectivity index (χ4v) is 4.59. The average molecular weight is 475 g/mol. The van der Waals surface area contributed by atoms with Gasteiger partial charge in [0, 0.05) is 24.0 Å². The van der Waals surface area contributed by atoms with Crippen LogP contribution in [0.25, 0.3) is 27.7 Å². The van der Waals surface area contributed by atoms with E-state index in [0.29, 0.717) is 31.3 Å². The third-order valence-electron chi connectivity index (χ3n) is 6.30. The second kappa shape index (κ2) is 8.48. The Hall–Kier alpha value is -3.75. The number of amides is 1. The van der Waals surface area contributed by atoms with Crippen LogP contribution in [0, 0.1) is 13.8 Å². The Balaban J connectivity index is 1.39. The first-order chi connectivity index (χ1) is 16.6. The molecule has 9 nitrogen and oxygen atoms in total. The van der Waals surface area contributed by atoms with E-state index in [0.717, 1.165) is 33.5 Å². The van der Waals surface area contributed by atoms with Gasteiger partial charge in [0.2, 0.25) is 0 Å². The van der Waals surface area contributed by atoms with E-state index in [9.17, 15) is 9.59 Å². The summed E-state index contributed by atoms with van der Waals surface area (Å²) in [7, 11) is 0. The number of nitrogens with zero attached hydrogens (tertiary/aromatic N) is 6. The van der Waals surface area contributed by atoms with Gasteiger partial charge in [0.25, 0.3) is 5.56 Å². The van der Waals surface area contributed by atoms with Gasteiger partial charge in [0.1, 0.15) is 5.60 Å². The molecule has 4 aromatic rings. The van der Waals surface area contributed by atoms with Crippen LogP contribution in [0.5, 0.6) is 0 Å². The van der Waals surface area contributed by atoms with Crippen LogP contribution in [0.2, 0.25) is 0 Å². The Morgan fingerprint density at radius 3 is 2.57 bits per heavy atom. The minimum atomic E-state index is -0.526. The van der Waals surface area contributed by atoms with Crippen molar-refractivity contribution in [3.63, 3.8) is 0 Å². The molecule has 5 rings (SSSR count). The fraction of sp³-hybridized carbons (Fsp3) is 0.423. The molecule has 0 atom stereocenters. The molecule has 4 heterocycles. The summed E-state index contributed by atoms with van der Waals surface area (Å²) in [6.07, 6.45) is 4.65. The van der Waals surface area contributed by atoms with E-state index in [2.05, 4.69) is 10.1 Å². The van der Waals surface area contributed by atoms with Crippen LogP contribution in [0.1, 0.15) is 50.9 Å². The number of carbonyl (C=O) groups is 1. The minimum absolute atomic E-state index is 0.0542. The van der Waals surface area contributed by atoms with E-state index in [-0.39, 0.29) is 17.7 Å². The van der Waals surface area contributed by atoms with Gasteiger partial charge in [-0.2, -0.15) is 10.2 Å². The lowest BCUT2D eigenvalue weighted by Gasteiger charge is -2.33. The lowest BCUT2D eigenvalue weighted by Crippen LogP contribution is -2.43. The number of benzene rings is 1. The van der Waals surface area contributed by atoms with Gasteiger partial charge in [-0.25, -0.2) is 19.0 Å². The fourth-order valence-electron chi connectivity index (χ4n) is 4.59. The van der Waals surface area contributed by atoms with Gasteiger partial charge in [0.15, 0.2) is 5.65 Å². The number of rotatable bonds is 2. The van der Waals surface area contributed by atoms with Gasteiger partial charge >= 0.3 is 6.09 Å². The number of hydrogen-bond acceptors (Lipinski definition) is 6. The number of aromatic nitrogens is 5. The predicted octanol–water partition coefficient (Wildman–Crippen LogP) is 4.30. The van der Waals surface area contributed by atoms with E-state index in [1.165, 1.54) is 0 Å². The van der Waals surface area contributed by atoms with Gasteiger partial charge in [0.05, 0.1) is 35.2 Å². The van der Waals surface area contributed by atoms with Crippen molar-refractivity contribution < 1.29 is 9.53 Å². The average Bonchev–Trinajstić information content (AvgIpc) is 3.19. The molecule has 35 heavy (non-hydrogen) atoms. The summed E-state index contributed by atoms with van der Waals surface area (Å²) < 4.78 is 8.83. The van der Waals surface area contributed by atoms with E-state index in [1.54, 1.807) is 20.3 Å². The second-order valence-corrected chi connectivity index (χ2v) is 10.3. The minimum Gasteiger partial charge on any atom is -0.444 e. The van der Waals surface area contributed by atoms with Crippen LogP contribution < -0.4 is 5.56 Å². The molecular weight excluding hydrogens is 444 g/mol. The Morgan fingerprint density at radius 1 is 1.11 bits per heavy atom. The summed E-state index contributed by atoms with van der Waals surface area (Å²) in [6, 6.07) is 7.69. The molecule has 0 spiro atoms. The quantitative estimate of drug-likeness (QED) is 0.430. The Bertz CT molecular complexity index is 1490. The molecule has 1 aliphatic rings. The van der Waals surface area contributed by atoms with Crippen LogP contribution in [0.15, 0.2) is 41.5 Å². The molecule has 1 aromatic carbocycles. The standard InChI is InChI=1S/C26H30N6O3/c1-16-12-22(29-31-15-17(2)28-23(16)31)18-6-7-21-19(13-18)14-27-32(24(21)33)20-8-10-30(11-9-20)25(34)35-26(3,4)5/h6-7,12-15,20H,8-11H2,1-5H3. The van der Waals surface area contributed by atoms with Crippen molar-refractivity contribution in [2.24, 2.45) is 0 Å². The zero-order valence-corrected chi connectivity index (χ0v) is 20.8. The molecule has 1 amide bonds. The highest BCUT2D eigenvalue weighted by atomic mass is 16.6. The van der Waals surface area contributed by atoms with Crippen molar-refractivity contribution in [1.29, 1.82) is 0 Å². The number of imidazole rings is 1. The van der Waals surface area contributed by atoms with Gasteiger partial charge in [-0.15, -0.1) is 0 Å². The normalized spacial score (nSPS) is 15.2. The molecule has 1 aliphatic heterocycles. The predicted molar refractivity (Wildman–Crippen MR) is 134 cm³/mol. The maximum Gasteiger partial charge on any atom is 0.410 e. The zero-order valence-electron chi connectivity index (χ0n) is 20.8. The molecule has 3 aromatic heterocycles. The van der Waals surface area contributed by atoms with Crippen LogP contribution in [0.3, 0.4) is 0 Å². The summed E-state index contributed by atoms with van der Waals surface area (Å²) in [5.41, 5.74) is 3.88. The van der Waals surface area contributed by atoms with Crippen molar-refractivity contribution in [3.05, 3.63) is 58.3 Å². The van der Waals surface area contributed by atoms with E-state index < -0.39 is 5.60 Å². The monoisotopic (exact) mass is 474 g/mol. The molecule has 1 saturated heterocycles. The molecule has 182 valence electrons. The zero-order chi connectivity index (χ0) is 24.9. The van der Waals surface area contributed by atoms with Crippen LogP contribution in [-0.2, 0) is 4.74 Å². The number of ether oxygens (including phenoxy) is 1. The van der Waals surface area contributed by atoms with Crippen LogP contribution in [0.4, 0.5) is 4.79 Å². The Kier molecular flexibility index (Phi) is 5.57. The molecule has 0 aliphatic carbocycles. The Labute approximate surface area is 203 Å². The highest BCUT2D eigenvalue weighted by Crippen LogP contribution is 2.26. The summed E-state index contributed by atoms with van der Waals surface area (Å²) in [5, 5.41) is 10.6. The van der Waals surface area contributed by atoms with Crippen LogP contribution >= 0.6 is 0 Å². The molecule has 0 unspecified atom stereocenters. The molecule has 0 radical (unpaired) electrons. The van der Waals surface area contributed by atoms with E-state index in [1.807, 2.05) is 65.1 Å². The second-order valence-electron chi connectivity index (χ2n) is 10.3. The van der Waals surface area contributed by atoms with Crippen molar-refractivity contribution in [2.75, 3.05) is 13.1 Å². The highest BCUT2D eigenvalue weighted by molar-refractivity contribution is 5.85. The van der Waals surface area contributed by atoms with Gasteiger partial charge in [-0.1, -0.05) is 6.07 Å². The lowest BCUT2D eigenvalue weighted by atomic mass is 10.0. The number of piperidine rings is 1. The summed E-state index contributed by atoms with van der Waals surface area (Å²) in [6.45, 7) is 10.6. The molecular formula is C26H30N6O3. The van der Waals surface area contributed by atoms with Gasteiger partial charge in [-0.3, -0.25) is 4.79 Å². The van der Waals surface area contributed by atoms with Crippen molar-refractivity contribution in [2.45, 2.75) is 59.1 Å². The number of carbonyl (C=O) groups excluding carboxylic acids is 1. The lowest BCUT2D eigenvalue weighted by molar-refractivity contribution is 0.0183. The number of fused-ring (bicyclic) bond motifs is 2. The number of likely N-dealkylation sites (tertiary alicyclic amines) is 1. The SMILES string of the molecule is Cc1cn2nc(-c3ccc4c(=O)n(C5CCN(C(=O)OC(C)(C)C)CC5)ncc4c3)cc(C)c2n1. The molecule has 0 bridgehead atoms. The third kappa shape index (κ3) is 4.50. The first kappa shape index (κ1) is 23.0. The number of aryl methyl sites for hydroxylation is 2.